The number of H-pyrrole nitrogens is 3. The van der Waals surface area contributed by atoms with Crippen LogP contribution < -0.4 is 0 Å². The van der Waals surface area contributed by atoms with Crippen molar-refractivity contribution >= 4 is 93.4 Å². The molecule has 0 unspecified atom stereocenters. The van der Waals surface area contributed by atoms with Gasteiger partial charge in [-0.05, 0) is 102 Å². The van der Waals surface area contributed by atoms with E-state index < -0.39 is 7.60 Å². The monoisotopic (exact) mass is 801 g/mol. The Bertz CT molecular complexity index is 2180. The Morgan fingerprint density at radius 2 is 1.21 bits per heavy atom. The Labute approximate surface area is 325 Å². The molecule has 3 aromatic carbocycles. The topological polar surface area (TPSA) is 126 Å². The van der Waals surface area contributed by atoms with Gasteiger partial charge in [0.1, 0.15) is 0 Å². The van der Waals surface area contributed by atoms with Crippen LogP contribution in [0.4, 0.5) is 0 Å². The minimum absolute atomic E-state index is 0.333. The van der Waals surface area contributed by atoms with Crippen molar-refractivity contribution in [3.63, 3.8) is 0 Å². The van der Waals surface area contributed by atoms with Crippen LogP contribution in [0.2, 0.25) is 15.1 Å². The molecular formula is C40H47Cl3N3O6P. The number of benzene rings is 3. The molecule has 6 aromatic rings. The molecule has 3 N–H and O–H groups in total. The molecule has 0 spiro atoms. The Balaban J connectivity index is 0.000000195. The van der Waals surface area contributed by atoms with E-state index in [1.165, 1.54) is 17.2 Å². The maximum absolute atomic E-state index is 11.6. The van der Waals surface area contributed by atoms with Crippen LogP contribution in [0, 0.1) is 20.8 Å². The van der Waals surface area contributed by atoms with Crippen molar-refractivity contribution in [1.82, 2.24) is 15.0 Å². The average molecular weight is 803 g/mol. The number of carbonyl (C=O) groups is 2. The van der Waals surface area contributed by atoms with Crippen LogP contribution in [0.1, 0.15) is 67.1 Å². The molecule has 0 radical (unpaired) electrons. The summed E-state index contributed by atoms with van der Waals surface area (Å²) in [7, 11) is -2.72. The number of aromatic nitrogens is 3. The van der Waals surface area contributed by atoms with Gasteiger partial charge in [0.05, 0.1) is 19.8 Å². The van der Waals surface area contributed by atoms with E-state index in [2.05, 4.69) is 21.0 Å². The number of halogens is 3. The molecule has 3 heterocycles. The SMILES string of the molecule is CCCP(=O)(OCC)OCC.CCOC(=O)/C=C/c1c(C)[nH]c2cc(Cl)ccc12.Cc1[nH]c2cc(Cl)ccc2c1C=O.Cc1cc2ccc(Cl)cc2[nH]1. The molecule has 0 aliphatic heterocycles. The van der Waals surface area contributed by atoms with Crippen LogP contribution in [0.25, 0.3) is 38.8 Å². The summed E-state index contributed by atoms with van der Waals surface area (Å²) in [5.41, 5.74) is 7.72. The number of aldehydes is 1. The minimum Gasteiger partial charge on any atom is -0.463 e. The fraction of sp³-hybridized carbons (Fsp3) is 0.300. The zero-order valence-electron chi connectivity index (χ0n) is 31.1. The van der Waals surface area contributed by atoms with E-state index in [9.17, 15) is 14.2 Å². The van der Waals surface area contributed by atoms with E-state index in [1.807, 2.05) is 90.1 Å². The number of fused-ring (bicyclic) bond motifs is 3. The lowest BCUT2D eigenvalue weighted by molar-refractivity contribution is -0.137. The molecule has 0 aliphatic rings. The van der Waals surface area contributed by atoms with Crippen molar-refractivity contribution in [2.45, 2.75) is 54.9 Å². The zero-order valence-corrected chi connectivity index (χ0v) is 34.2. The molecule has 13 heteroatoms. The van der Waals surface area contributed by atoms with Gasteiger partial charge in [-0.25, -0.2) is 4.79 Å². The third kappa shape index (κ3) is 12.9. The number of hydrogen-bond donors (Lipinski definition) is 3. The van der Waals surface area contributed by atoms with Gasteiger partial charge < -0.3 is 28.7 Å². The fourth-order valence-corrected chi connectivity index (χ4v) is 7.62. The van der Waals surface area contributed by atoms with Crippen molar-refractivity contribution in [2.75, 3.05) is 26.0 Å². The van der Waals surface area contributed by atoms with Crippen LogP contribution >= 0.6 is 42.4 Å². The number of carbonyl (C=O) groups excluding carboxylic acids is 2. The molecule has 0 fully saturated rings. The maximum Gasteiger partial charge on any atom is 0.330 e. The van der Waals surface area contributed by atoms with Gasteiger partial charge >= 0.3 is 13.6 Å². The van der Waals surface area contributed by atoms with E-state index in [4.69, 9.17) is 48.6 Å². The fourth-order valence-electron chi connectivity index (χ4n) is 5.44. The van der Waals surface area contributed by atoms with Crippen molar-refractivity contribution < 1.29 is 27.9 Å². The largest absolute Gasteiger partial charge is 0.463 e. The summed E-state index contributed by atoms with van der Waals surface area (Å²) in [6.45, 7) is 14.5. The predicted octanol–water partition coefficient (Wildman–Crippen LogP) is 12.4. The summed E-state index contributed by atoms with van der Waals surface area (Å²) in [6, 6.07) is 19.0. The van der Waals surface area contributed by atoms with Gasteiger partial charge in [-0.2, -0.15) is 0 Å². The molecule has 53 heavy (non-hydrogen) atoms. The molecule has 0 saturated heterocycles. The molecule has 0 aliphatic carbocycles. The molecule has 0 amide bonds. The van der Waals surface area contributed by atoms with Crippen LogP contribution in [-0.4, -0.2) is 53.2 Å². The molecule has 6 rings (SSSR count). The third-order valence-electron chi connectivity index (χ3n) is 7.65. The molecule has 0 saturated carbocycles. The van der Waals surface area contributed by atoms with Gasteiger partial charge in [0.25, 0.3) is 0 Å². The smallest absolute Gasteiger partial charge is 0.330 e. The summed E-state index contributed by atoms with van der Waals surface area (Å²) >= 11 is 17.6. The van der Waals surface area contributed by atoms with E-state index in [0.717, 1.165) is 62.0 Å². The second kappa shape index (κ2) is 21.2. The van der Waals surface area contributed by atoms with E-state index >= 15 is 0 Å². The van der Waals surface area contributed by atoms with Crippen LogP contribution in [0.3, 0.4) is 0 Å². The highest BCUT2D eigenvalue weighted by Crippen LogP contribution is 2.48. The molecule has 0 bridgehead atoms. The minimum atomic E-state index is -2.72. The first-order chi connectivity index (χ1) is 25.3. The maximum atomic E-state index is 11.6. The van der Waals surface area contributed by atoms with Crippen LogP contribution in [0.5, 0.6) is 0 Å². The number of aryl methyl sites for hydroxylation is 3. The molecular weight excluding hydrogens is 756 g/mol. The Morgan fingerprint density at radius 1 is 0.698 bits per heavy atom. The Kier molecular flexibility index (Phi) is 17.4. The zero-order chi connectivity index (χ0) is 39.1. The summed E-state index contributed by atoms with van der Waals surface area (Å²) in [4.78, 5) is 31.6. The van der Waals surface area contributed by atoms with Crippen LogP contribution in [-0.2, 0) is 23.1 Å². The van der Waals surface area contributed by atoms with Gasteiger partial charge in [0.2, 0.25) is 0 Å². The third-order valence-corrected chi connectivity index (χ3v) is 10.7. The summed E-state index contributed by atoms with van der Waals surface area (Å²) in [5.74, 6) is -0.333. The Hall–Kier alpha value is -3.82. The molecule has 0 atom stereocenters. The molecule has 3 aromatic heterocycles. The first-order valence-electron chi connectivity index (χ1n) is 17.3. The first kappa shape index (κ1) is 43.6. The van der Waals surface area contributed by atoms with Crippen molar-refractivity contribution in [1.29, 1.82) is 0 Å². The number of rotatable bonds is 10. The van der Waals surface area contributed by atoms with Gasteiger partial charge in [0.15, 0.2) is 6.29 Å². The van der Waals surface area contributed by atoms with Crippen molar-refractivity contribution in [2.24, 2.45) is 0 Å². The Morgan fingerprint density at radius 3 is 1.72 bits per heavy atom. The normalized spacial score (nSPS) is 11.1. The highest BCUT2D eigenvalue weighted by molar-refractivity contribution is 7.53. The highest BCUT2D eigenvalue weighted by Gasteiger charge is 2.21. The van der Waals surface area contributed by atoms with Gasteiger partial charge in [-0.3, -0.25) is 9.36 Å². The van der Waals surface area contributed by atoms with E-state index in [0.29, 0.717) is 41.6 Å². The number of nitrogens with one attached hydrogen (secondary N) is 3. The van der Waals surface area contributed by atoms with E-state index in [-0.39, 0.29) is 5.97 Å². The van der Waals surface area contributed by atoms with Crippen molar-refractivity contribution in [3.05, 3.63) is 110 Å². The molecule has 9 nitrogen and oxygen atoms in total. The number of ether oxygens (including phenoxy) is 1. The summed E-state index contributed by atoms with van der Waals surface area (Å²) in [6.07, 6.45) is 5.42. The second-order valence-corrected chi connectivity index (χ2v) is 15.3. The van der Waals surface area contributed by atoms with Gasteiger partial charge in [-0.15, -0.1) is 0 Å². The number of aromatic amines is 3. The number of hydrogen-bond acceptors (Lipinski definition) is 6. The lowest BCUT2D eigenvalue weighted by Gasteiger charge is -2.15. The summed E-state index contributed by atoms with van der Waals surface area (Å²) in [5, 5.41) is 5.32. The first-order valence-corrected chi connectivity index (χ1v) is 20.1. The predicted molar refractivity (Wildman–Crippen MR) is 221 cm³/mol. The lowest BCUT2D eigenvalue weighted by Crippen LogP contribution is -1.98. The van der Waals surface area contributed by atoms with Gasteiger partial charge in [0, 0.05) is 82.8 Å². The quantitative estimate of drug-likeness (QED) is 0.0548. The van der Waals surface area contributed by atoms with Crippen LogP contribution in [0.15, 0.2) is 66.7 Å². The van der Waals surface area contributed by atoms with Gasteiger partial charge in [-0.1, -0.05) is 59.9 Å². The number of esters is 1. The van der Waals surface area contributed by atoms with Crippen molar-refractivity contribution in [3.8, 4) is 0 Å². The lowest BCUT2D eigenvalue weighted by atomic mass is 10.1. The summed E-state index contributed by atoms with van der Waals surface area (Å²) < 4.78 is 26.5. The highest BCUT2D eigenvalue weighted by atomic mass is 35.5. The standard InChI is InChI=1S/C14H14ClNO2.C10H8ClNO.C9H8ClN.C7H17O3P/c1-3-18-14(17)7-6-11-9(2)16-13-8-10(15)4-5-12(11)13;1-6-9(5-13)8-3-2-7(11)4-10(8)12-6;1-6-4-7-2-3-8(10)5-9(7)11-6;1-4-7-11(8,9-5-2)10-6-3/h4-8,16H,3H2,1-2H3;2-5,12H,1H3;2-5,11H,1H3;4-7H2,1-3H3/b7-6+;;;. The average Bonchev–Trinajstić information content (AvgIpc) is 3.73. The molecule has 284 valence electrons. The second-order valence-electron chi connectivity index (χ2n) is 11.8. The van der Waals surface area contributed by atoms with E-state index in [1.54, 1.807) is 19.1 Å².